The van der Waals surface area contributed by atoms with Gasteiger partial charge in [0, 0.05) is 28.4 Å². The number of ether oxygens (including phenoxy) is 4. The van der Waals surface area contributed by atoms with Crippen molar-refractivity contribution in [3.63, 3.8) is 0 Å². The van der Waals surface area contributed by atoms with Crippen LogP contribution in [0.5, 0.6) is 0 Å². The molecule has 5 heteroatoms. The van der Waals surface area contributed by atoms with E-state index in [0.29, 0.717) is 0 Å². The van der Waals surface area contributed by atoms with Crippen LogP contribution in [0.15, 0.2) is 0 Å². The van der Waals surface area contributed by atoms with Crippen LogP contribution in [0.25, 0.3) is 0 Å². The molecule has 0 heterocycles. The maximum absolute atomic E-state index is 11.5. The molecule has 0 aromatic carbocycles. The minimum atomic E-state index is -1.28. The van der Waals surface area contributed by atoms with E-state index >= 15 is 0 Å². The van der Waals surface area contributed by atoms with Gasteiger partial charge in [-0.05, 0) is 0 Å². The van der Waals surface area contributed by atoms with Crippen LogP contribution < -0.4 is 0 Å². The molecular formula is C8H14O5. The zero-order chi connectivity index (χ0) is 10.1. The number of rotatable bonds is 4. The lowest BCUT2D eigenvalue weighted by atomic mass is 9.81. The van der Waals surface area contributed by atoms with Crippen LogP contribution in [-0.4, -0.2) is 52.2 Å². The largest absolute Gasteiger partial charge is 0.372 e. The number of hydrogen-bond donors (Lipinski definition) is 0. The Morgan fingerprint density at radius 3 is 1.92 bits per heavy atom. The van der Waals surface area contributed by atoms with Gasteiger partial charge >= 0.3 is 0 Å². The van der Waals surface area contributed by atoms with Crippen LogP contribution in [0, 0.1) is 0 Å². The fourth-order valence-corrected chi connectivity index (χ4v) is 1.61. The maximum atomic E-state index is 11.5. The molecule has 1 rings (SSSR count). The van der Waals surface area contributed by atoms with Crippen LogP contribution in [0.3, 0.4) is 0 Å². The monoisotopic (exact) mass is 190 g/mol. The summed E-state index contributed by atoms with van der Waals surface area (Å²) in [6, 6.07) is 0. The topological polar surface area (TPSA) is 54.0 Å². The summed E-state index contributed by atoms with van der Waals surface area (Å²) in [4.78, 5) is 11.5. The fraction of sp³-hybridized carbons (Fsp3) is 0.875. The van der Waals surface area contributed by atoms with Gasteiger partial charge in [0.15, 0.2) is 12.2 Å². The molecule has 1 saturated carbocycles. The second-order valence-corrected chi connectivity index (χ2v) is 2.75. The molecule has 2 atom stereocenters. The molecule has 0 saturated heterocycles. The van der Waals surface area contributed by atoms with Gasteiger partial charge in [0.25, 0.3) is 5.79 Å². The van der Waals surface area contributed by atoms with Gasteiger partial charge in [-0.3, -0.25) is 4.79 Å². The molecule has 1 aliphatic rings. The molecule has 0 aromatic heterocycles. The van der Waals surface area contributed by atoms with E-state index in [2.05, 4.69) is 0 Å². The highest BCUT2D eigenvalue weighted by molar-refractivity contribution is 5.98. The van der Waals surface area contributed by atoms with Crippen molar-refractivity contribution in [3.8, 4) is 0 Å². The highest BCUT2D eigenvalue weighted by Gasteiger charge is 2.65. The fourth-order valence-electron chi connectivity index (χ4n) is 1.61. The quantitative estimate of drug-likeness (QED) is 0.564. The number of Topliss-reactive ketones (excluding diaryl/α,β-unsaturated/α-hetero) is 1. The summed E-state index contributed by atoms with van der Waals surface area (Å²) in [5, 5.41) is 0. The van der Waals surface area contributed by atoms with Gasteiger partial charge in [-0.2, -0.15) is 0 Å². The van der Waals surface area contributed by atoms with Crippen molar-refractivity contribution in [2.45, 2.75) is 18.0 Å². The first-order chi connectivity index (χ1) is 6.17. The van der Waals surface area contributed by atoms with Crippen molar-refractivity contribution in [3.05, 3.63) is 0 Å². The van der Waals surface area contributed by atoms with Crippen molar-refractivity contribution in [2.75, 3.05) is 28.4 Å². The smallest absolute Gasteiger partial charge is 0.261 e. The van der Waals surface area contributed by atoms with E-state index in [-0.39, 0.29) is 5.78 Å². The summed E-state index contributed by atoms with van der Waals surface area (Å²) in [6.45, 7) is 0. The van der Waals surface area contributed by atoms with Crippen LogP contribution >= 0.6 is 0 Å². The first-order valence-corrected chi connectivity index (χ1v) is 3.88. The minimum absolute atomic E-state index is 0.244. The molecule has 0 N–H and O–H groups in total. The van der Waals surface area contributed by atoms with Crippen LogP contribution in [-0.2, 0) is 23.7 Å². The summed E-state index contributed by atoms with van der Waals surface area (Å²) in [5.74, 6) is -1.53. The van der Waals surface area contributed by atoms with Crippen LogP contribution in [0.4, 0.5) is 0 Å². The molecule has 2 unspecified atom stereocenters. The van der Waals surface area contributed by atoms with Gasteiger partial charge in [0.05, 0.1) is 0 Å². The first kappa shape index (κ1) is 10.6. The van der Waals surface area contributed by atoms with Gasteiger partial charge in [0.1, 0.15) is 0 Å². The Kier molecular flexibility index (Phi) is 3.02. The molecule has 0 amide bonds. The molecule has 5 nitrogen and oxygen atoms in total. The standard InChI is InChI=1S/C8H14O5/c1-10-5-6(9)8(12-3,13-4)7(5)11-2/h5,7H,1-4H3. The summed E-state index contributed by atoms with van der Waals surface area (Å²) in [7, 11) is 5.73. The second-order valence-electron chi connectivity index (χ2n) is 2.75. The van der Waals surface area contributed by atoms with Crippen LogP contribution in [0.2, 0.25) is 0 Å². The van der Waals surface area contributed by atoms with Gasteiger partial charge in [0.2, 0.25) is 5.78 Å². The average Bonchev–Trinajstić information content (AvgIpc) is 2.16. The maximum Gasteiger partial charge on any atom is 0.261 e. The Morgan fingerprint density at radius 1 is 1.08 bits per heavy atom. The van der Waals surface area contributed by atoms with E-state index in [4.69, 9.17) is 18.9 Å². The molecule has 0 radical (unpaired) electrons. The van der Waals surface area contributed by atoms with Crippen molar-refractivity contribution in [1.82, 2.24) is 0 Å². The zero-order valence-electron chi connectivity index (χ0n) is 8.20. The first-order valence-electron chi connectivity index (χ1n) is 3.88. The van der Waals surface area contributed by atoms with Crippen molar-refractivity contribution < 1.29 is 23.7 Å². The van der Waals surface area contributed by atoms with Gasteiger partial charge < -0.3 is 18.9 Å². The molecular weight excluding hydrogens is 176 g/mol. The van der Waals surface area contributed by atoms with E-state index in [1.165, 1.54) is 28.4 Å². The Labute approximate surface area is 76.9 Å². The lowest BCUT2D eigenvalue weighted by Gasteiger charge is -2.48. The van der Waals surface area contributed by atoms with Crippen LogP contribution in [0.1, 0.15) is 0 Å². The van der Waals surface area contributed by atoms with Crippen molar-refractivity contribution in [2.24, 2.45) is 0 Å². The molecule has 0 spiro atoms. The Bertz CT molecular complexity index is 199. The van der Waals surface area contributed by atoms with Gasteiger partial charge in [-0.25, -0.2) is 0 Å². The Morgan fingerprint density at radius 2 is 1.62 bits per heavy atom. The third-order valence-electron chi connectivity index (χ3n) is 2.37. The lowest BCUT2D eigenvalue weighted by molar-refractivity contribution is -0.306. The Balaban J connectivity index is 2.82. The van der Waals surface area contributed by atoms with E-state index < -0.39 is 18.0 Å². The summed E-state index contributed by atoms with van der Waals surface area (Å²) in [5.41, 5.74) is 0. The molecule has 0 aromatic rings. The zero-order valence-corrected chi connectivity index (χ0v) is 8.20. The SMILES string of the molecule is COC1C(=O)C(OC)(OC)C1OC. The van der Waals surface area contributed by atoms with Crippen molar-refractivity contribution >= 4 is 5.78 Å². The normalized spacial score (nSPS) is 31.5. The average molecular weight is 190 g/mol. The van der Waals surface area contributed by atoms with E-state index in [1.807, 2.05) is 0 Å². The lowest BCUT2D eigenvalue weighted by Crippen LogP contribution is -2.73. The minimum Gasteiger partial charge on any atom is -0.372 e. The predicted molar refractivity (Wildman–Crippen MR) is 43.4 cm³/mol. The number of carbonyl (C=O) groups is 1. The van der Waals surface area contributed by atoms with Gasteiger partial charge in [-0.15, -0.1) is 0 Å². The highest BCUT2D eigenvalue weighted by Crippen LogP contribution is 2.36. The van der Waals surface area contributed by atoms with E-state index in [0.717, 1.165) is 0 Å². The Hall–Kier alpha value is -0.490. The van der Waals surface area contributed by atoms with Gasteiger partial charge in [-0.1, -0.05) is 0 Å². The molecule has 0 bridgehead atoms. The molecule has 1 fully saturated rings. The molecule has 13 heavy (non-hydrogen) atoms. The summed E-state index contributed by atoms with van der Waals surface area (Å²) < 4.78 is 20.0. The number of methoxy groups -OCH3 is 4. The second kappa shape index (κ2) is 3.71. The predicted octanol–water partition coefficient (Wildman–Crippen LogP) is -0.412. The third-order valence-corrected chi connectivity index (χ3v) is 2.37. The van der Waals surface area contributed by atoms with Crippen molar-refractivity contribution in [1.29, 1.82) is 0 Å². The third kappa shape index (κ3) is 1.20. The van der Waals surface area contributed by atoms with E-state index in [9.17, 15) is 4.79 Å². The number of ketones is 1. The molecule has 76 valence electrons. The summed E-state index contributed by atoms with van der Waals surface area (Å²) in [6.07, 6.45) is -1.09. The number of carbonyl (C=O) groups excluding carboxylic acids is 1. The number of hydrogen-bond acceptors (Lipinski definition) is 5. The molecule has 0 aliphatic heterocycles. The summed E-state index contributed by atoms with van der Waals surface area (Å²) >= 11 is 0. The highest BCUT2D eigenvalue weighted by atomic mass is 16.7. The molecule has 1 aliphatic carbocycles. The van der Waals surface area contributed by atoms with E-state index in [1.54, 1.807) is 0 Å².